The molecule has 0 aromatic heterocycles. The summed E-state index contributed by atoms with van der Waals surface area (Å²) in [5.74, 6) is 0. The molecule has 0 aliphatic carbocycles. The zero-order valence-electron chi connectivity index (χ0n) is 9.90. The van der Waals surface area contributed by atoms with Crippen molar-refractivity contribution in [1.82, 2.24) is 5.32 Å². The number of rotatable bonds is 3. The minimum atomic E-state index is -0.289. The zero-order chi connectivity index (χ0) is 9.80. The van der Waals surface area contributed by atoms with Crippen LogP contribution in [0, 0.1) is 0 Å². The molecule has 1 aliphatic heterocycles. The van der Waals surface area contributed by atoms with Gasteiger partial charge in [0, 0.05) is 0 Å². The van der Waals surface area contributed by atoms with Gasteiger partial charge >= 0.3 is 25.0 Å². The first-order valence-electron chi connectivity index (χ1n) is 4.82. The maximum atomic E-state index is 10.7. The van der Waals surface area contributed by atoms with Gasteiger partial charge in [-0.1, -0.05) is 30.3 Å². The molecule has 15 heavy (non-hydrogen) atoms. The fourth-order valence-electron chi connectivity index (χ4n) is 1.57. The molecule has 1 N–H and O–H groups in total. The molecule has 0 radical (unpaired) electrons. The Bertz CT molecular complexity index is 321. The molecule has 3 nitrogen and oxygen atoms in total. The number of hydrogen-bond donors (Lipinski definition) is 1. The van der Waals surface area contributed by atoms with Gasteiger partial charge < -0.3 is 11.5 Å². The fraction of sp³-hybridized carbons (Fsp3) is 0.364. The summed E-state index contributed by atoms with van der Waals surface area (Å²) >= 11 is 0. The Kier molecular flexibility index (Phi) is 4.74. The average molecular weight is 199 g/mol. The third-order valence-electron chi connectivity index (χ3n) is 2.36. The Morgan fingerprint density at radius 1 is 1.40 bits per heavy atom. The number of benzene rings is 1. The van der Waals surface area contributed by atoms with E-state index in [4.69, 9.17) is 4.74 Å². The van der Waals surface area contributed by atoms with E-state index in [-0.39, 0.29) is 32.4 Å². The first kappa shape index (κ1) is 12.2. The monoisotopic (exact) mass is 199 g/mol. The van der Waals surface area contributed by atoms with Crippen LogP contribution in [0.25, 0.3) is 0 Å². The topological polar surface area (TPSA) is 38.3 Å². The molecule has 2 rings (SSSR count). The van der Waals surface area contributed by atoms with Crippen LogP contribution in [0.5, 0.6) is 0 Å². The predicted octanol–water partition coefficient (Wildman–Crippen LogP) is -1.16. The van der Waals surface area contributed by atoms with E-state index in [0.717, 1.165) is 12.8 Å². The van der Waals surface area contributed by atoms with E-state index in [9.17, 15) is 4.79 Å². The Morgan fingerprint density at radius 2 is 2.13 bits per heavy atom. The minimum absolute atomic E-state index is 0. The molecule has 1 fully saturated rings. The van der Waals surface area contributed by atoms with E-state index in [1.54, 1.807) is 0 Å². The number of hydrogen-bond acceptors (Lipinski definition) is 2. The molecule has 1 heterocycles. The molecule has 4 heteroatoms. The van der Waals surface area contributed by atoms with Crippen LogP contribution in [-0.4, -0.2) is 18.7 Å². The van der Waals surface area contributed by atoms with Crippen molar-refractivity contribution >= 4 is 6.09 Å². The number of carbonyl (C=O) groups is 1. The van der Waals surface area contributed by atoms with Crippen molar-refractivity contribution in [2.45, 2.75) is 18.9 Å². The Labute approximate surface area is 103 Å². The van der Waals surface area contributed by atoms with Gasteiger partial charge in [-0.15, -0.1) is 0 Å². The molecule has 0 spiro atoms. The fourth-order valence-corrected chi connectivity index (χ4v) is 1.57. The number of cyclic esters (lactones) is 1. The van der Waals surface area contributed by atoms with Crippen molar-refractivity contribution in [3.63, 3.8) is 0 Å². The van der Waals surface area contributed by atoms with Crippen LogP contribution in [0.4, 0.5) is 4.79 Å². The summed E-state index contributed by atoms with van der Waals surface area (Å²) in [7, 11) is 0. The van der Waals surface area contributed by atoms with E-state index in [0.29, 0.717) is 6.61 Å². The van der Waals surface area contributed by atoms with Crippen LogP contribution in [0.3, 0.4) is 0 Å². The third kappa shape index (κ3) is 3.62. The van der Waals surface area contributed by atoms with Crippen LogP contribution < -0.4 is 24.2 Å². The number of aryl methyl sites for hydroxylation is 1. The van der Waals surface area contributed by atoms with Crippen LogP contribution in [-0.2, 0) is 11.2 Å². The van der Waals surface area contributed by atoms with Gasteiger partial charge in [-0.2, -0.15) is 0 Å². The second kappa shape index (κ2) is 5.84. The maximum Gasteiger partial charge on any atom is 1.00 e. The number of carbonyl (C=O) groups excluding carboxylic acids is 1. The van der Waals surface area contributed by atoms with Crippen molar-refractivity contribution in [2.24, 2.45) is 0 Å². The third-order valence-corrected chi connectivity index (χ3v) is 2.36. The summed E-state index contributed by atoms with van der Waals surface area (Å²) in [6.45, 7) is 0.506. The minimum Gasteiger partial charge on any atom is -1.00 e. The summed E-state index contributed by atoms with van der Waals surface area (Å²) < 4.78 is 4.80. The Hall–Kier alpha value is -0.913. The normalized spacial score (nSPS) is 18.9. The molecule has 1 aromatic rings. The van der Waals surface area contributed by atoms with Gasteiger partial charge in [0.15, 0.2) is 0 Å². The van der Waals surface area contributed by atoms with Crippen LogP contribution in [0.1, 0.15) is 13.4 Å². The quantitative estimate of drug-likeness (QED) is 0.624. The van der Waals surface area contributed by atoms with Crippen LogP contribution in [0.2, 0.25) is 0 Å². The van der Waals surface area contributed by atoms with Crippen molar-refractivity contribution in [3.05, 3.63) is 35.9 Å². The molecular formula is C11H14LiNO2. The number of alkyl carbamates (subject to hydrolysis) is 1. The van der Waals surface area contributed by atoms with Gasteiger partial charge in [0.25, 0.3) is 0 Å². The maximum absolute atomic E-state index is 10.7. The zero-order valence-corrected chi connectivity index (χ0v) is 8.90. The van der Waals surface area contributed by atoms with Gasteiger partial charge in [0.1, 0.15) is 6.61 Å². The summed E-state index contributed by atoms with van der Waals surface area (Å²) in [5.41, 5.74) is 1.30. The van der Waals surface area contributed by atoms with E-state index in [1.165, 1.54) is 5.56 Å². The SMILES string of the molecule is O=C1N[C@@H](CCc2ccccc2)CO1.[H-].[Li+]. The Morgan fingerprint density at radius 3 is 2.73 bits per heavy atom. The van der Waals surface area contributed by atoms with E-state index < -0.39 is 0 Å². The van der Waals surface area contributed by atoms with E-state index >= 15 is 0 Å². The predicted molar refractivity (Wildman–Crippen MR) is 54.1 cm³/mol. The standard InChI is InChI=1S/C11H13NO2.Li.H/c13-11-12-10(8-14-11)7-6-9-4-2-1-3-5-9;;/h1-5,10H,6-8H2,(H,12,13);;/q;+1;-1/t10-;;/m0../s1. The van der Waals surface area contributed by atoms with Crippen LogP contribution >= 0.6 is 0 Å². The second-order valence-electron chi connectivity index (χ2n) is 3.46. The second-order valence-corrected chi connectivity index (χ2v) is 3.46. The van der Waals surface area contributed by atoms with Crippen molar-refractivity contribution in [3.8, 4) is 0 Å². The number of amides is 1. The van der Waals surface area contributed by atoms with Gasteiger partial charge in [-0.25, -0.2) is 4.79 Å². The van der Waals surface area contributed by atoms with E-state index in [1.807, 2.05) is 18.2 Å². The van der Waals surface area contributed by atoms with Crippen LogP contribution in [0.15, 0.2) is 30.3 Å². The summed E-state index contributed by atoms with van der Waals surface area (Å²) in [4.78, 5) is 10.7. The summed E-state index contributed by atoms with van der Waals surface area (Å²) in [6.07, 6.45) is 1.63. The first-order valence-corrected chi connectivity index (χ1v) is 4.82. The molecule has 1 atom stereocenters. The molecule has 1 aromatic carbocycles. The van der Waals surface area contributed by atoms with Gasteiger partial charge in [0.2, 0.25) is 0 Å². The molecule has 1 amide bonds. The Balaban J connectivity index is 0.00000112. The molecule has 76 valence electrons. The molecule has 1 saturated heterocycles. The van der Waals surface area contributed by atoms with Crippen molar-refractivity contribution < 1.29 is 29.8 Å². The molecular weight excluding hydrogens is 185 g/mol. The summed E-state index contributed by atoms with van der Waals surface area (Å²) in [5, 5.41) is 2.76. The van der Waals surface area contributed by atoms with E-state index in [2.05, 4.69) is 17.4 Å². The molecule has 0 saturated carbocycles. The average Bonchev–Trinajstić information content (AvgIpc) is 2.63. The van der Waals surface area contributed by atoms with Gasteiger partial charge in [0.05, 0.1) is 6.04 Å². The number of ether oxygens (including phenoxy) is 1. The van der Waals surface area contributed by atoms with Crippen molar-refractivity contribution in [2.75, 3.05) is 6.61 Å². The number of nitrogens with one attached hydrogen (secondary N) is 1. The molecule has 0 bridgehead atoms. The van der Waals surface area contributed by atoms with Gasteiger partial charge in [-0.05, 0) is 18.4 Å². The molecule has 1 aliphatic rings. The molecule has 0 unspecified atom stereocenters. The van der Waals surface area contributed by atoms with Gasteiger partial charge in [-0.3, -0.25) is 0 Å². The summed E-state index contributed by atoms with van der Waals surface area (Å²) in [6, 6.07) is 10.4. The van der Waals surface area contributed by atoms with Crippen molar-refractivity contribution in [1.29, 1.82) is 0 Å². The largest absolute Gasteiger partial charge is 1.00 e. The first-order chi connectivity index (χ1) is 6.84. The smallest absolute Gasteiger partial charge is 1.00 e.